The molecule has 7 heteroatoms. The second-order valence-corrected chi connectivity index (χ2v) is 5.81. The summed E-state index contributed by atoms with van der Waals surface area (Å²) < 4.78 is 5.27. The number of nitrogens with one attached hydrogen (secondary N) is 1. The molecule has 134 valence electrons. The first-order chi connectivity index (χ1) is 11.9. The molecule has 0 aliphatic carbocycles. The maximum atomic E-state index is 9.55. The van der Waals surface area contributed by atoms with Crippen molar-refractivity contribution in [3.63, 3.8) is 0 Å². The van der Waals surface area contributed by atoms with Crippen molar-refractivity contribution in [2.75, 3.05) is 27.2 Å². The summed E-state index contributed by atoms with van der Waals surface area (Å²) >= 11 is 0. The van der Waals surface area contributed by atoms with Gasteiger partial charge in [-0.1, -0.05) is 0 Å². The lowest BCUT2D eigenvalue weighted by Crippen LogP contribution is -2.21. The number of hydrogen-bond donors (Lipinski definition) is 3. The molecule has 25 heavy (non-hydrogen) atoms. The van der Waals surface area contributed by atoms with E-state index in [1.54, 1.807) is 7.11 Å². The van der Waals surface area contributed by atoms with Gasteiger partial charge in [0.05, 0.1) is 7.11 Å². The molecule has 1 aliphatic heterocycles. The number of aliphatic carboxylic acids is 2. The molecule has 0 fully saturated rings. The zero-order valence-electron chi connectivity index (χ0n) is 14.3. The highest BCUT2D eigenvalue weighted by Crippen LogP contribution is 2.28. The number of nitrogens with zero attached hydrogens (tertiary/aromatic N) is 1. The molecule has 0 saturated heterocycles. The average Bonchev–Trinajstić information content (AvgIpc) is 2.83. The van der Waals surface area contributed by atoms with E-state index in [1.807, 2.05) is 6.07 Å². The minimum absolute atomic E-state index is 0.558. The summed E-state index contributed by atoms with van der Waals surface area (Å²) in [5.74, 6) is -1.59. The molecule has 0 radical (unpaired) electrons. The van der Waals surface area contributed by atoms with Crippen LogP contribution in [-0.2, 0) is 22.4 Å². The first-order valence-corrected chi connectivity index (χ1v) is 7.90. The van der Waals surface area contributed by atoms with Crippen LogP contribution in [0.5, 0.6) is 5.75 Å². The van der Waals surface area contributed by atoms with Crippen molar-refractivity contribution in [2.24, 2.45) is 0 Å². The van der Waals surface area contributed by atoms with E-state index < -0.39 is 11.9 Å². The number of carbonyl (C=O) groups is 2. The third-order valence-corrected chi connectivity index (χ3v) is 4.06. The van der Waals surface area contributed by atoms with Crippen LogP contribution in [-0.4, -0.2) is 59.3 Å². The highest BCUT2D eigenvalue weighted by Gasteiger charge is 2.16. The van der Waals surface area contributed by atoms with Crippen molar-refractivity contribution < 1.29 is 24.5 Å². The Morgan fingerprint density at radius 1 is 1.16 bits per heavy atom. The van der Waals surface area contributed by atoms with E-state index in [2.05, 4.69) is 29.1 Å². The number of ether oxygens (including phenoxy) is 1. The summed E-state index contributed by atoms with van der Waals surface area (Å²) in [4.78, 5) is 25.0. The number of aromatic nitrogens is 1. The smallest absolute Gasteiger partial charge is 0.328 e. The van der Waals surface area contributed by atoms with Crippen molar-refractivity contribution in [3.05, 3.63) is 41.6 Å². The maximum absolute atomic E-state index is 9.55. The van der Waals surface area contributed by atoms with Gasteiger partial charge in [-0.2, -0.15) is 0 Å². The highest BCUT2D eigenvalue weighted by molar-refractivity contribution is 5.89. The molecule has 1 aromatic heterocycles. The topological polar surface area (TPSA) is 103 Å². The molecule has 0 spiro atoms. The fourth-order valence-electron chi connectivity index (χ4n) is 2.78. The van der Waals surface area contributed by atoms with Gasteiger partial charge in [0, 0.05) is 54.3 Å². The number of rotatable bonds is 3. The zero-order chi connectivity index (χ0) is 18.4. The van der Waals surface area contributed by atoms with Crippen LogP contribution < -0.4 is 4.74 Å². The highest BCUT2D eigenvalue weighted by atomic mass is 16.5. The number of methoxy groups -OCH3 is 1. The molecule has 0 unspecified atom stereocenters. The van der Waals surface area contributed by atoms with Crippen LogP contribution in [0.25, 0.3) is 10.9 Å². The Morgan fingerprint density at radius 2 is 1.80 bits per heavy atom. The third kappa shape index (κ3) is 5.09. The van der Waals surface area contributed by atoms with Crippen molar-refractivity contribution in [1.82, 2.24) is 9.88 Å². The quantitative estimate of drug-likeness (QED) is 0.734. The number of H-pyrrole nitrogens is 1. The van der Waals surface area contributed by atoms with Crippen LogP contribution in [0.4, 0.5) is 0 Å². The summed E-state index contributed by atoms with van der Waals surface area (Å²) in [6, 6.07) is 6.31. The van der Waals surface area contributed by atoms with Gasteiger partial charge in [0.15, 0.2) is 0 Å². The molecule has 3 N–H and O–H groups in total. The molecule has 3 rings (SSSR count). The molecule has 0 bridgehead atoms. The van der Waals surface area contributed by atoms with Gasteiger partial charge in [0.25, 0.3) is 0 Å². The molecule has 7 nitrogen and oxygen atoms in total. The van der Waals surface area contributed by atoms with Crippen LogP contribution in [0.3, 0.4) is 0 Å². The Morgan fingerprint density at radius 3 is 2.40 bits per heavy atom. The molecule has 2 heterocycles. The van der Waals surface area contributed by atoms with E-state index >= 15 is 0 Å². The number of benzene rings is 1. The van der Waals surface area contributed by atoms with Gasteiger partial charge in [-0.15, -0.1) is 0 Å². The van der Waals surface area contributed by atoms with Gasteiger partial charge in [0.2, 0.25) is 0 Å². The minimum Gasteiger partial charge on any atom is -0.497 e. The molecule has 0 atom stereocenters. The number of carboxylic acids is 2. The average molecular weight is 346 g/mol. The molecule has 1 aliphatic rings. The first kappa shape index (κ1) is 18.5. The molecular weight excluding hydrogens is 324 g/mol. The Hall–Kier alpha value is -2.80. The van der Waals surface area contributed by atoms with E-state index in [0.717, 1.165) is 31.7 Å². The number of hydrogen-bond acceptors (Lipinski definition) is 4. The van der Waals surface area contributed by atoms with Gasteiger partial charge >= 0.3 is 11.9 Å². The molecule has 2 aromatic rings. The fourth-order valence-corrected chi connectivity index (χ4v) is 2.78. The Labute approximate surface area is 145 Å². The lowest BCUT2D eigenvalue weighted by Gasteiger charge is -2.11. The van der Waals surface area contributed by atoms with Crippen LogP contribution in [0, 0.1) is 0 Å². The van der Waals surface area contributed by atoms with Crippen LogP contribution in [0.1, 0.15) is 11.3 Å². The Balaban J connectivity index is 0.000000242. The van der Waals surface area contributed by atoms with Gasteiger partial charge in [-0.05, 0) is 31.2 Å². The van der Waals surface area contributed by atoms with Crippen molar-refractivity contribution in [1.29, 1.82) is 0 Å². The zero-order valence-corrected chi connectivity index (χ0v) is 14.3. The third-order valence-electron chi connectivity index (χ3n) is 4.06. The number of aromatic amines is 1. The summed E-state index contributed by atoms with van der Waals surface area (Å²) in [5.41, 5.74) is 4.10. The fraction of sp³-hybridized carbons (Fsp3) is 0.333. The lowest BCUT2D eigenvalue weighted by atomic mass is 10.1. The van der Waals surface area contributed by atoms with Crippen LogP contribution in [0.2, 0.25) is 0 Å². The molecule has 0 saturated carbocycles. The van der Waals surface area contributed by atoms with Crippen molar-refractivity contribution in [2.45, 2.75) is 12.8 Å². The second-order valence-electron chi connectivity index (χ2n) is 5.81. The van der Waals surface area contributed by atoms with Gasteiger partial charge in [-0.3, -0.25) is 0 Å². The Kier molecular flexibility index (Phi) is 6.19. The number of fused-ring (bicyclic) bond motifs is 3. The first-order valence-electron chi connectivity index (χ1n) is 7.90. The van der Waals surface area contributed by atoms with E-state index in [1.165, 1.54) is 22.2 Å². The van der Waals surface area contributed by atoms with E-state index in [-0.39, 0.29) is 0 Å². The second kappa shape index (κ2) is 8.34. The van der Waals surface area contributed by atoms with E-state index in [9.17, 15) is 9.59 Å². The minimum atomic E-state index is -1.26. The standard InChI is InChI=1S/C14H18N2O.C4H4O4/c1-16-7-5-12-11-4-3-10(17-2)9-14(11)15-13(12)6-8-16;5-3(6)1-2-4(7)8/h3-4,9,15H,5-8H2,1-2H3;1-2H,(H,5,6)(H,7,8). The largest absolute Gasteiger partial charge is 0.497 e. The molecule has 0 amide bonds. The number of carboxylic acid groups (broad SMARTS) is 2. The predicted molar refractivity (Wildman–Crippen MR) is 94.2 cm³/mol. The van der Waals surface area contributed by atoms with Crippen molar-refractivity contribution in [3.8, 4) is 5.75 Å². The monoisotopic (exact) mass is 346 g/mol. The summed E-state index contributed by atoms with van der Waals surface area (Å²) in [7, 11) is 3.90. The predicted octanol–water partition coefficient (Wildman–Crippen LogP) is 1.92. The maximum Gasteiger partial charge on any atom is 0.328 e. The van der Waals surface area contributed by atoms with E-state index in [0.29, 0.717) is 12.2 Å². The SMILES string of the molecule is COc1ccc2c3c([nH]c2c1)CCN(C)CC3.O=C(O)C=CC(=O)O. The van der Waals surface area contributed by atoms with Gasteiger partial charge in [0.1, 0.15) is 5.75 Å². The lowest BCUT2D eigenvalue weighted by molar-refractivity contribution is -0.134. The molecule has 1 aromatic carbocycles. The summed E-state index contributed by atoms with van der Waals surface area (Å²) in [5, 5.41) is 17.0. The normalized spacial score (nSPS) is 14.5. The van der Waals surface area contributed by atoms with Gasteiger partial charge in [-0.25, -0.2) is 9.59 Å². The van der Waals surface area contributed by atoms with Crippen molar-refractivity contribution >= 4 is 22.8 Å². The number of likely N-dealkylation sites (N-methyl/N-ethyl adjacent to an activating group) is 1. The summed E-state index contributed by atoms with van der Waals surface area (Å²) in [6.07, 6.45) is 3.37. The molecular formula is C18H22N2O5. The van der Waals surface area contributed by atoms with Gasteiger partial charge < -0.3 is 24.8 Å². The Bertz CT molecular complexity index is 778. The van der Waals surface area contributed by atoms with Crippen LogP contribution >= 0.6 is 0 Å². The summed E-state index contributed by atoms with van der Waals surface area (Å²) in [6.45, 7) is 2.28. The van der Waals surface area contributed by atoms with Crippen LogP contribution in [0.15, 0.2) is 30.4 Å². The van der Waals surface area contributed by atoms with E-state index in [4.69, 9.17) is 14.9 Å².